The predicted molar refractivity (Wildman–Crippen MR) is 70.3 cm³/mol. The number of ether oxygens (including phenoxy) is 1. The Hall–Kier alpha value is -1.75. The summed E-state index contributed by atoms with van der Waals surface area (Å²) in [6.45, 7) is 2.35. The molecule has 1 heterocycles. The lowest BCUT2D eigenvalue weighted by atomic mass is 10.3. The number of rotatable bonds is 4. The lowest BCUT2D eigenvalue weighted by molar-refractivity contribution is 0.326. The first-order valence-electron chi connectivity index (χ1n) is 5.52. The molecular formula is C13H13FN2OS. The van der Waals surface area contributed by atoms with Crippen LogP contribution in [0.1, 0.15) is 6.92 Å². The zero-order valence-corrected chi connectivity index (χ0v) is 10.7. The van der Waals surface area contributed by atoms with E-state index in [1.54, 1.807) is 30.3 Å². The van der Waals surface area contributed by atoms with Gasteiger partial charge in [0.2, 0.25) is 5.88 Å². The Labute approximate surface area is 109 Å². The summed E-state index contributed by atoms with van der Waals surface area (Å²) in [6.07, 6.45) is 0. The van der Waals surface area contributed by atoms with Gasteiger partial charge in [0.1, 0.15) is 10.8 Å². The minimum absolute atomic E-state index is 0.265. The number of nitrogen functional groups attached to an aromatic ring is 1. The van der Waals surface area contributed by atoms with E-state index in [-0.39, 0.29) is 5.82 Å². The van der Waals surface area contributed by atoms with Crippen molar-refractivity contribution in [1.82, 2.24) is 4.98 Å². The molecule has 0 spiro atoms. The van der Waals surface area contributed by atoms with Crippen molar-refractivity contribution in [3.05, 3.63) is 42.2 Å². The van der Waals surface area contributed by atoms with Crippen LogP contribution in [0.3, 0.4) is 0 Å². The largest absolute Gasteiger partial charge is 0.476 e. The standard InChI is InChI=1S/C13H13FN2OS/c1-2-17-13-10(15)7-8-12(16-13)18-11-6-4-3-5-9(11)14/h3-8H,2,15H2,1H3. The highest BCUT2D eigenvalue weighted by atomic mass is 32.2. The first kappa shape index (κ1) is 12.7. The van der Waals surface area contributed by atoms with Crippen LogP contribution in [-0.4, -0.2) is 11.6 Å². The highest BCUT2D eigenvalue weighted by Crippen LogP contribution is 2.31. The first-order chi connectivity index (χ1) is 8.70. The van der Waals surface area contributed by atoms with Crippen LogP contribution >= 0.6 is 11.8 Å². The van der Waals surface area contributed by atoms with E-state index in [1.165, 1.54) is 17.8 Å². The zero-order valence-electron chi connectivity index (χ0n) is 9.89. The lowest BCUT2D eigenvalue weighted by Gasteiger charge is -2.08. The first-order valence-corrected chi connectivity index (χ1v) is 6.34. The van der Waals surface area contributed by atoms with Crippen molar-refractivity contribution in [3.8, 4) is 5.88 Å². The number of nitrogens with zero attached hydrogens (tertiary/aromatic N) is 1. The maximum absolute atomic E-state index is 13.5. The average molecular weight is 264 g/mol. The molecule has 0 radical (unpaired) electrons. The molecule has 0 amide bonds. The smallest absolute Gasteiger partial charge is 0.238 e. The van der Waals surface area contributed by atoms with E-state index >= 15 is 0 Å². The molecule has 0 atom stereocenters. The second kappa shape index (κ2) is 5.73. The Bertz CT molecular complexity index is 548. The third kappa shape index (κ3) is 2.92. The molecule has 18 heavy (non-hydrogen) atoms. The zero-order chi connectivity index (χ0) is 13.0. The van der Waals surface area contributed by atoms with Crippen LogP contribution in [-0.2, 0) is 0 Å². The van der Waals surface area contributed by atoms with Gasteiger partial charge in [0.15, 0.2) is 0 Å². The quantitative estimate of drug-likeness (QED) is 0.920. The van der Waals surface area contributed by atoms with Gasteiger partial charge in [0.05, 0.1) is 12.3 Å². The Morgan fingerprint density at radius 2 is 2.06 bits per heavy atom. The van der Waals surface area contributed by atoms with E-state index in [4.69, 9.17) is 10.5 Å². The number of benzene rings is 1. The van der Waals surface area contributed by atoms with Gasteiger partial charge in [-0.1, -0.05) is 23.9 Å². The van der Waals surface area contributed by atoms with Crippen LogP contribution in [0.25, 0.3) is 0 Å². The molecular weight excluding hydrogens is 251 g/mol. The predicted octanol–water partition coefficient (Wildman–Crippen LogP) is 3.35. The Morgan fingerprint density at radius 1 is 1.28 bits per heavy atom. The number of halogens is 1. The molecule has 3 nitrogen and oxygen atoms in total. The van der Waals surface area contributed by atoms with Crippen molar-refractivity contribution >= 4 is 17.4 Å². The van der Waals surface area contributed by atoms with Gasteiger partial charge in [0.25, 0.3) is 0 Å². The van der Waals surface area contributed by atoms with Crippen molar-refractivity contribution in [3.63, 3.8) is 0 Å². The number of hydrogen-bond acceptors (Lipinski definition) is 4. The molecule has 5 heteroatoms. The van der Waals surface area contributed by atoms with Crippen molar-refractivity contribution in [2.75, 3.05) is 12.3 Å². The molecule has 2 N–H and O–H groups in total. The van der Waals surface area contributed by atoms with E-state index in [0.717, 1.165) is 0 Å². The molecule has 0 saturated carbocycles. The van der Waals surface area contributed by atoms with E-state index in [9.17, 15) is 4.39 Å². The van der Waals surface area contributed by atoms with Crippen molar-refractivity contribution in [2.24, 2.45) is 0 Å². The van der Waals surface area contributed by atoms with Crippen molar-refractivity contribution in [1.29, 1.82) is 0 Å². The maximum Gasteiger partial charge on any atom is 0.238 e. The van der Waals surface area contributed by atoms with Crippen LogP contribution in [0, 0.1) is 5.82 Å². The van der Waals surface area contributed by atoms with Crippen LogP contribution in [0.5, 0.6) is 5.88 Å². The van der Waals surface area contributed by atoms with Gasteiger partial charge in [-0.2, -0.15) is 0 Å². The Kier molecular flexibility index (Phi) is 4.04. The second-order valence-corrected chi connectivity index (χ2v) is 4.57. The number of hydrogen-bond donors (Lipinski definition) is 1. The van der Waals surface area contributed by atoms with E-state index < -0.39 is 0 Å². The molecule has 0 aliphatic rings. The SMILES string of the molecule is CCOc1nc(Sc2ccccc2F)ccc1N. The molecule has 94 valence electrons. The molecule has 0 unspecified atom stereocenters. The Balaban J connectivity index is 2.24. The van der Waals surface area contributed by atoms with Crippen LogP contribution in [0.4, 0.5) is 10.1 Å². The molecule has 0 fully saturated rings. The van der Waals surface area contributed by atoms with Crippen LogP contribution in [0.15, 0.2) is 46.3 Å². The fourth-order valence-electron chi connectivity index (χ4n) is 1.38. The summed E-state index contributed by atoms with van der Waals surface area (Å²) < 4.78 is 18.8. The summed E-state index contributed by atoms with van der Waals surface area (Å²) in [4.78, 5) is 4.77. The van der Waals surface area contributed by atoms with Gasteiger partial charge < -0.3 is 10.5 Å². The van der Waals surface area contributed by atoms with Gasteiger partial charge in [-0.25, -0.2) is 9.37 Å². The van der Waals surface area contributed by atoms with Crippen molar-refractivity contribution < 1.29 is 9.13 Å². The van der Waals surface area contributed by atoms with Crippen molar-refractivity contribution in [2.45, 2.75) is 16.8 Å². The third-order valence-corrected chi connectivity index (χ3v) is 3.18. The van der Waals surface area contributed by atoms with Gasteiger partial charge >= 0.3 is 0 Å². The number of aromatic nitrogens is 1. The highest BCUT2D eigenvalue weighted by Gasteiger charge is 2.07. The van der Waals surface area contributed by atoms with E-state index in [0.29, 0.717) is 28.1 Å². The minimum Gasteiger partial charge on any atom is -0.476 e. The molecule has 0 aliphatic carbocycles. The summed E-state index contributed by atoms with van der Waals surface area (Å²) in [5, 5.41) is 0.651. The van der Waals surface area contributed by atoms with Gasteiger partial charge in [-0.15, -0.1) is 0 Å². The fourth-order valence-corrected chi connectivity index (χ4v) is 2.19. The Morgan fingerprint density at radius 3 is 2.78 bits per heavy atom. The van der Waals surface area contributed by atoms with Crippen LogP contribution < -0.4 is 10.5 Å². The second-order valence-electron chi connectivity index (χ2n) is 3.51. The molecule has 1 aromatic heterocycles. The highest BCUT2D eigenvalue weighted by molar-refractivity contribution is 7.99. The number of anilines is 1. The number of nitrogens with two attached hydrogens (primary N) is 1. The fraction of sp³-hybridized carbons (Fsp3) is 0.154. The summed E-state index contributed by atoms with van der Waals surface area (Å²) in [5.74, 6) is 0.123. The van der Waals surface area contributed by atoms with E-state index in [1.807, 2.05) is 6.92 Å². The van der Waals surface area contributed by atoms with Gasteiger partial charge in [0, 0.05) is 4.90 Å². The summed E-state index contributed by atoms with van der Waals surface area (Å²) in [7, 11) is 0. The topological polar surface area (TPSA) is 48.1 Å². The van der Waals surface area contributed by atoms with Crippen LogP contribution in [0.2, 0.25) is 0 Å². The average Bonchev–Trinajstić information content (AvgIpc) is 2.36. The monoisotopic (exact) mass is 264 g/mol. The van der Waals surface area contributed by atoms with Gasteiger partial charge in [-0.05, 0) is 31.2 Å². The summed E-state index contributed by atoms with van der Waals surface area (Å²) in [6, 6.07) is 10.0. The normalized spacial score (nSPS) is 10.3. The molecule has 2 aromatic rings. The van der Waals surface area contributed by atoms with E-state index in [2.05, 4.69) is 4.98 Å². The third-order valence-electron chi connectivity index (χ3n) is 2.20. The summed E-state index contributed by atoms with van der Waals surface area (Å²) in [5.41, 5.74) is 6.21. The molecule has 0 bridgehead atoms. The number of pyridine rings is 1. The lowest BCUT2D eigenvalue weighted by Crippen LogP contribution is -1.99. The maximum atomic E-state index is 13.5. The van der Waals surface area contributed by atoms with Gasteiger partial charge in [-0.3, -0.25) is 0 Å². The summed E-state index contributed by atoms with van der Waals surface area (Å²) >= 11 is 1.24. The minimum atomic E-state index is -0.265. The molecule has 0 aliphatic heterocycles. The molecule has 0 saturated heterocycles. The molecule has 1 aromatic carbocycles. The molecule has 2 rings (SSSR count).